The molecule has 0 bridgehead atoms. The molecular weight excluding hydrogens is 362 g/mol. The highest BCUT2D eigenvalue weighted by Crippen LogP contribution is 2.24. The second-order valence-electron chi connectivity index (χ2n) is 6.48. The van der Waals surface area contributed by atoms with Crippen LogP contribution in [0.4, 0.5) is 5.69 Å². The second-order valence-corrected chi connectivity index (χ2v) is 6.48. The molecule has 2 heterocycles. The van der Waals surface area contributed by atoms with E-state index in [-0.39, 0.29) is 11.6 Å². The van der Waals surface area contributed by atoms with E-state index >= 15 is 0 Å². The quantitative estimate of drug-likeness (QED) is 0.639. The summed E-state index contributed by atoms with van der Waals surface area (Å²) in [7, 11) is 1.79. The number of carbonyl (C=O) groups excluding carboxylic acids is 1. The van der Waals surface area contributed by atoms with Crippen LogP contribution in [0, 0.1) is 6.92 Å². The molecule has 0 aliphatic rings. The lowest BCUT2D eigenvalue weighted by Crippen LogP contribution is -2.21. The number of benzene rings is 1. The molecule has 0 saturated carbocycles. The average Bonchev–Trinajstić information content (AvgIpc) is 3.09. The summed E-state index contributed by atoms with van der Waals surface area (Å²) in [4.78, 5) is 21.7. The van der Waals surface area contributed by atoms with Crippen molar-refractivity contribution in [1.29, 1.82) is 0 Å². The molecule has 6 nitrogen and oxygen atoms in total. The summed E-state index contributed by atoms with van der Waals surface area (Å²) in [5, 5.41) is 7.30. The third-order valence-electron chi connectivity index (χ3n) is 4.24. The highest BCUT2D eigenvalue weighted by molar-refractivity contribution is 6.47. The van der Waals surface area contributed by atoms with E-state index in [1.165, 1.54) is 6.08 Å². The summed E-state index contributed by atoms with van der Waals surface area (Å²) >= 11 is 0. The fourth-order valence-electron chi connectivity index (χ4n) is 2.88. The highest BCUT2D eigenvalue weighted by Gasteiger charge is 2.16. The van der Waals surface area contributed by atoms with Crippen LogP contribution in [0.5, 0.6) is 0 Å². The maximum absolute atomic E-state index is 12.9. The minimum absolute atomic E-state index is 0.218. The van der Waals surface area contributed by atoms with Crippen molar-refractivity contribution in [2.45, 2.75) is 13.8 Å². The van der Waals surface area contributed by atoms with Crippen LogP contribution in [0.3, 0.4) is 0 Å². The molecule has 3 aromatic rings. The lowest BCUT2D eigenvalue weighted by Gasteiger charge is -2.08. The molecule has 29 heavy (non-hydrogen) atoms. The molecule has 0 radical (unpaired) electrons. The third-order valence-corrected chi connectivity index (χ3v) is 4.24. The smallest absolute Gasteiger partial charge is 0.274 e. The van der Waals surface area contributed by atoms with E-state index in [0.29, 0.717) is 22.8 Å². The molecule has 0 saturated heterocycles. The number of rotatable bonds is 6. The van der Waals surface area contributed by atoms with Gasteiger partial charge in [-0.3, -0.25) is 14.5 Å². The van der Waals surface area contributed by atoms with E-state index in [2.05, 4.69) is 27.0 Å². The molecule has 1 aromatic carbocycles. The van der Waals surface area contributed by atoms with Gasteiger partial charge in [-0.05, 0) is 38.1 Å². The molecule has 3 rings (SSSR count). The Bertz CT molecular complexity index is 1090. The van der Waals surface area contributed by atoms with Gasteiger partial charge in [0.25, 0.3) is 5.91 Å². The number of hydrogen-bond donors (Lipinski definition) is 1. The molecule has 146 valence electrons. The molecule has 6 heteroatoms. The molecular formula is C23H23N5O. The van der Waals surface area contributed by atoms with Gasteiger partial charge in [-0.2, -0.15) is 5.10 Å². The number of aryl methyl sites for hydroxylation is 2. The number of aliphatic imine (C=N–C) groups is 1. The van der Waals surface area contributed by atoms with Crippen LogP contribution in [0.25, 0.3) is 17.1 Å². The van der Waals surface area contributed by atoms with Crippen molar-refractivity contribution >= 4 is 23.0 Å². The zero-order valence-electron chi connectivity index (χ0n) is 16.8. The normalized spacial score (nSPS) is 12.0. The number of allylic oxidation sites excluding steroid dienone is 1. The largest absolute Gasteiger partial charge is 0.317 e. The minimum Gasteiger partial charge on any atom is -0.317 e. The van der Waals surface area contributed by atoms with Gasteiger partial charge in [0, 0.05) is 25.0 Å². The van der Waals surface area contributed by atoms with Crippen LogP contribution >= 0.6 is 0 Å². The first-order valence-electron chi connectivity index (χ1n) is 9.22. The monoisotopic (exact) mass is 385 g/mol. The van der Waals surface area contributed by atoms with Crippen LogP contribution < -0.4 is 5.32 Å². The predicted molar refractivity (Wildman–Crippen MR) is 118 cm³/mol. The lowest BCUT2D eigenvalue weighted by atomic mass is 10.1. The fourth-order valence-corrected chi connectivity index (χ4v) is 2.88. The Labute approximate surface area is 170 Å². The van der Waals surface area contributed by atoms with Crippen LogP contribution in [0.1, 0.15) is 18.1 Å². The zero-order chi connectivity index (χ0) is 20.8. The van der Waals surface area contributed by atoms with Gasteiger partial charge in [0.05, 0.1) is 17.1 Å². The SMILES string of the molecule is C=CC(=N/C(=C\C)c1cccc(C)c1)C(=O)Nc1cn(C)nc1-c1ccccn1. The van der Waals surface area contributed by atoms with E-state index in [1.807, 2.05) is 62.4 Å². The first-order valence-corrected chi connectivity index (χ1v) is 9.22. The topological polar surface area (TPSA) is 72.2 Å². The molecule has 0 atom stereocenters. The first-order chi connectivity index (χ1) is 14.0. The van der Waals surface area contributed by atoms with Crippen molar-refractivity contribution in [3.05, 3.63) is 84.7 Å². The second kappa shape index (κ2) is 8.93. The maximum atomic E-state index is 12.9. The first kappa shape index (κ1) is 19.9. The van der Waals surface area contributed by atoms with E-state index < -0.39 is 0 Å². The van der Waals surface area contributed by atoms with Crippen molar-refractivity contribution < 1.29 is 4.79 Å². The predicted octanol–water partition coefficient (Wildman–Crippen LogP) is 4.42. The Morgan fingerprint density at radius 2 is 2.07 bits per heavy atom. The van der Waals surface area contributed by atoms with Gasteiger partial charge >= 0.3 is 0 Å². The summed E-state index contributed by atoms with van der Waals surface area (Å²) in [5.41, 5.74) is 4.81. The van der Waals surface area contributed by atoms with E-state index in [0.717, 1.165) is 11.1 Å². The van der Waals surface area contributed by atoms with Crippen molar-refractivity contribution in [2.75, 3.05) is 5.32 Å². The van der Waals surface area contributed by atoms with Crippen molar-refractivity contribution in [1.82, 2.24) is 14.8 Å². The van der Waals surface area contributed by atoms with Gasteiger partial charge < -0.3 is 5.32 Å². The molecule has 0 spiro atoms. The number of aromatic nitrogens is 3. The number of carbonyl (C=O) groups is 1. The van der Waals surface area contributed by atoms with Gasteiger partial charge in [0.15, 0.2) is 0 Å². The van der Waals surface area contributed by atoms with Crippen LogP contribution in [0.2, 0.25) is 0 Å². The summed E-state index contributed by atoms with van der Waals surface area (Å²) in [5.74, 6) is -0.364. The minimum atomic E-state index is -0.364. The zero-order valence-corrected chi connectivity index (χ0v) is 16.8. The lowest BCUT2D eigenvalue weighted by molar-refractivity contribution is -0.110. The molecule has 0 aliphatic heterocycles. The van der Waals surface area contributed by atoms with Gasteiger partial charge in [0.2, 0.25) is 0 Å². The van der Waals surface area contributed by atoms with E-state index in [9.17, 15) is 4.79 Å². The Hall–Kier alpha value is -3.80. The Morgan fingerprint density at radius 1 is 1.24 bits per heavy atom. The number of hydrogen-bond acceptors (Lipinski definition) is 4. The van der Waals surface area contributed by atoms with Crippen LogP contribution in [-0.2, 0) is 11.8 Å². The van der Waals surface area contributed by atoms with Crippen LogP contribution in [0.15, 0.2) is 78.6 Å². The molecule has 0 aliphatic carbocycles. The maximum Gasteiger partial charge on any atom is 0.274 e. The molecule has 0 fully saturated rings. The van der Waals surface area contributed by atoms with Crippen molar-refractivity contribution in [2.24, 2.45) is 12.0 Å². The number of amides is 1. The van der Waals surface area contributed by atoms with Gasteiger partial charge in [-0.25, -0.2) is 4.99 Å². The standard InChI is InChI=1S/C23H23N5O/c1-5-18(17-11-9-10-16(3)14-17)25-19(6-2)23(29)26-21-15-28(4)27-22(21)20-12-7-8-13-24-20/h5-15H,2H2,1,3-4H3,(H,26,29)/b18-5-,25-19?. The number of nitrogens with one attached hydrogen (secondary N) is 1. The highest BCUT2D eigenvalue weighted by atomic mass is 16.1. The number of pyridine rings is 1. The number of nitrogens with zero attached hydrogens (tertiary/aromatic N) is 4. The third kappa shape index (κ3) is 4.73. The molecule has 0 unspecified atom stereocenters. The van der Waals surface area contributed by atoms with Gasteiger partial charge in [0.1, 0.15) is 11.4 Å². The summed E-state index contributed by atoms with van der Waals surface area (Å²) in [6.07, 6.45) is 6.74. The van der Waals surface area contributed by atoms with Crippen LogP contribution in [-0.4, -0.2) is 26.4 Å². The Balaban J connectivity index is 1.90. The summed E-state index contributed by atoms with van der Waals surface area (Å²) < 4.78 is 1.63. The number of anilines is 1. The van der Waals surface area contributed by atoms with E-state index in [1.54, 1.807) is 24.1 Å². The fraction of sp³-hybridized carbons (Fsp3) is 0.130. The molecule has 2 aromatic heterocycles. The molecule has 1 N–H and O–H groups in total. The van der Waals surface area contributed by atoms with Gasteiger partial charge in [-0.15, -0.1) is 0 Å². The summed E-state index contributed by atoms with van der Waals surface area (Å²) in [6.45, 7) is 7.66. The van der Waals surface area contributed by atoms with E-state index in [4.69, 9.17) is 0 Å². The van der Waals surface area contributed by atoms with Crippen molar-refractivity contribution in [3.63, 3.8) is 0 Å². The molecule has 1 amide bonds. The summed E-state index contributed by atoms with van der Waals surface area (Å²) in [6, 6.07) is 13.5. The Kier molecular flexibility index (Phi) is 6.14. The Morgan fingerprint density at radius 3 is 2.72 bits per heavy atom. The van der Waals surface area contributed by atoms with Crippen molar-refractivity contribution in [3.8, 4) is 11.4 Å². The van der Waals surface area contributed by atoms with Gasteiger partial charge in [-0.1, -0.05) is 42.5 Å². The average molecular weight is 385 g/mol.